The molecule has 0 radical (unpaired) electrons. The Morgan fingerprint density at radius 1 is 1.26 bits per heavy atom. The van der Waals surface area contributed by atoms with E-state index in [1.807, 2.05) is 6.08 Å². The van der Waals surface area contributed by atoms with Gasteiger partial charge >= 0.3 is 17.9 Å². The van der Waals surface area contributed by atoms with Gasteiger partial charge in [0.15, 0.2) is 29.7 Å². The van der Waals surface area contributed by atoms with Crippen LogP contribution in [-0.4, -0.2) is 64.9 Å². The van der Waals surface area contributed by atoms with Crippen LogP contribution in [0.4, 0.5) is 0 Å². The van der Waals surface area contributed by atoms with E-state index in [9.17, 15) is 19.5 Å². The number of hydrogen-bond acceptors (Lipinski definition) is 9. The molecule has 1 aliphatic carbocycles. The molecule has 9 heteroatoms. The summed E-state index contributed by atoms with van der Waals surface area (Å²) in [7, 11) is 0. The molecule has 1 N–H and O–H groups in total. The van der Waals surface area contributed by atoms with Gasteiger partial charge in [0, 0.05) is 6.92 Å². The van der Waals surface area contributed by atoms with Gasteiger partial charge in [-0.2, -0.15) is 0 Å². The molecule has 0 aromatic rings. The van der Waals surface area contributed by atoms with Gasteiger partial charge in [-0.1, -0.05) is 19.6 Å². The highest BCUT2D eigenvalue weighted by Gasteiger charge is 2.75. The lowest BCUT2D eigenvalue weighted by molar-refractivity contribution is -0.213. The highest BCUT2D eigenvalue weighted by atomic mass is 16.7. The maximum absolute atomic E-state index is 13.1. The van der Waals surface area contributed by atoms with Crippen LogP contribution in [0, 0.1) is 5.41 Å². The van der Waals surface area contributed by atoms with Crippen molar-refractivity contribution < 1.29 is 43.2 Å². The zero-order chi connectivity index (χ0) is 22.9. The summed E-state index contributed by atoms with van der Waals surface area (Å²) in [5.74, 6) is -2.01. The van der Waals surface area contributed by atoms with Gasteiger partial charge in [0.05, 0.1) is 17.1 Å². The van der Waals surface area contributed by atoms with E-state index in [2.05, 4.69) is 6.58 Å². The third-order valence-electron chi connectivity index (χ3n) is 7.17. The summed E-state index contributed by atoms with van der Waals surface area (Å²) in [4.78, 5) is 37.7. The molecule has 3 aliphatic heterocycles. The number of carbonyl (C=O) groups excluding carboxylic acids is 3. The molecule has 8 unspecified atom stereocenters. The van der Waals surface area contributed by atoms with Crippen LogP contribution in [0.3, 0.4) is 0 Å². The van der Waals surface area contributed by atoms with Crippen LogP contribution in [0.5, 0.6) is 0 Å². The van der Waals surface area contributed by atoms with Crippen molar-refractivity contribution in [2.75, 3.05) is 0 Å². The normalized spacial score (nSPS) is 46.1. The van der Waals surface area contributed by atoms with Gasteiger partial charge in [-0.15, -0.1) is 0 Å². The first-order valence-corrected chi connectivity index (χ1v) is 10.4. The number of carbonyl (C=O) groups is 3. The smallest absolute Gasteiger partial charge is 0.341 e. The Bertz CT molecular complexity index is 893. The van der Waals surface area contributed by atoms with Gasteiger partial charge in [0.1, 0.15) is 6.10 Å². The first-order valence-electron chi connectivity index (χ1n) is 10.4. The fourth-order valence-electron chi connectivity index (χ4n) is 4.89. The first kappa shape index (κ1) is 22.0. The van der Waals surface area contributed by atoms with Crippen molar-refractivity contribution in [2.45, 2.75) is 89.4 Å². The van der Waals surface area contributed by atoms with Crippen molar-refractivity contribution >= 4 is 17.9 Å². The number of esters is 3. The number of allylic oxidation sites excluding steroid dienone is 1. The number of ether oxygens (including phenoxy) is 5. The van der Waals surface area contributed by atoms with Gasteiger partial charge in [-0.3, -0.25) is 4.79 Å². The van der Waals surface area contributed by atoms with E-state index in [1.165, 1.54) is 6.92 Å². The largest absolute Gasteiger partial charge is 0.455 e. The lowest BCUT2D eigenvalue weighted by Crippen LogP contribution is -2.59. The van der Waals surface area contributed by atoms with Crippen molar-refractivity contribution in [2.24, 2.45) is 5.41 Å². The van der Waals surface area contributed by atoms with Crippen LogP contribution in [0.25, 0.3) is 0 Å². The quantitative estimate of drug-likeness (QED) is 0.230. The number of rotatable bonds is 3. The van der Waals surface area contributed by atoms with E-state index in [4.69, 9.17) is 23.7 Å². The second-order valence-electron chi connectivity index (χ2n) is 9.24. The second kappa shape index (κ2) is 6.88. The summed E-state index contributed by atoms with van der Waals surface area (Å²) in [6.45, 7) is 11.9. The highest BCUT2D eigenvalue weighted by molar-refractivity contribution is 5.94. The minimum atomic E-state index is -1.73. The fraction of sp³-hybridized carbons (Fsp3) is 0.682. The van der Waals surface area contributed by atoms with Crippen molar-refractivity contribution in [3.8, 4) is 0 Å². The Balaban J connectivity index is 1.88. The van der Waals surface area contributed by atoms with Crippen LogP contribution < -0.4 is 0 Å². The number of epoxide rings is 1. The van der Waals surface area contributed by atoms with E-state index < -0.39 is 59.1 Å². The lowest BCUT2D eigenvalue weighted by Gasteiger charge is -2.39. The van der Waals surface area contributed by atoms with Gasteiger partial charge in [0.2, 0.25) is 0 Å². The number of aliphatic hydroxyl groups excluding tert-OH is 1. The van der Waals surface area contributed by atoms with Gasteiger partial charge in [-0.25, -0.2) is 9.59 Å². The molecule has 4 aliphatic rings. The van der Waals surface area contributed by atoms with E-state index in [-0.39, 0.29) is 11.7 Å². The Kier molecular flexibility index (Phi) is 4.88. The number of hydrogen-bond donors (Lipinski definition) is 1. The molecule has 2 bridgehead atoms. The molecule has 8 atom stereocenters. The van der Waals surface area contributed by atoms with Crippen molar-refractivity contribution in [1.82, 2.24) is 0 Å². The Morgan fingerprint density at radius 2 is 1.90 bits per heavy atom. The van der Waals surface area contributed by atoms with Crippen LogP contribution >= 0.6 is 0 Å². The zero-order valence-electron chi connectivity index (χ0n) is 18.3. The highest BCUT2D eigenvalue weighted by Crippen LogP contribution is 2.58. The summed E-state index contributed by atoms with van der Waals surface area (Å²) in [5, 5.41) is 10.9. The van der Waals surface area contributed by atoms with Crippen molar-refractivity contribution in [3.05, 3.63) is 23.8 Å². The Morgan fingerprint density at radius 3 is 2.48 bits per heavy atom. The summed E-state index contributed by atoms with van der Waals surface area (Å²) < 4.78 is 28.5. The zero-order valence-corrected chi connectivity index (χ0v) is 18.3. The van der Waals surface area contributed by atoms with Gasteiger partial charge in [0.25, 0.3) is 0 Å². The topological polar surface area (TPSA) is 121 Å². The minimum absolute atomic E-state index is 0.0974. The summed E-state index contributed by atoms with van der Waals surface area (Å²) >= 11 is 0. The first-order chi connectivity index (χ1) is 14.4. The lowest BCUT2D eigenvalue weighted by atomic mass is 9.72. The molecule has 0 aromatic heterocycles. The van der Waals surface area contributed by atoms with Crippen molar-refractivity contribution in [3.63, 3.8) is 0 Å². The maximum atomic E-state index is 13.1. The molecule has 3 heterocycles. The predicted octanol–water partition coefficient (Wildman–Crippen LogP) is 1.32. The average Bonchev–Trinajstić information content (AvgIpc) is 3.14. The monoisotopic (exact) mass is 436 g/mol. The molecule has 0 aromatic carbocycles. The molecule has 3 saturated heterocycles. The molecule has 170 valence electrons. The molecule has 0 spiro atoms. The molecular weight excluding hydrogens is 408 g/mol. The molecule has 0 amide bonds. The van der Waals surface area contributed by atoms with Crippen LogP contribution in [0.15, 0.2) is 23.8 Å². The maximum Gasteiger partial charge on any atom is 0.341 e. The van der Waals surface area contributed by atoms with Gasteiger partial charge < -0.3 is 28.8 Å². The van der Waals surface area contributed by atoms with Crippen LogP contribution in [0.2, 0.25) is 0 Å². The molecule has 31 heavy (non-hydrogen) atoms. The fourth-order valence-corrected chi connectivity index (χ4v) is 4.89. The van der Waals surface area contributed by atoms with Crippen LogP contribution in [-0.2, 0) is 38.1 Å². The third kappa shape index (κ3) is 2.97. The summed E-state index contributed by atoms with van der Waals surface area (Å²) in [6, 6.07) is 0. The molecule has 4 rings (SSSR count). The standard InChI is InChI=1S/C22H28O9/c1-10-8-7-9-20(5)17-22(31-18(20)25,11(2)16(24)29-17)15(14(10)27-13(4)23)28-19(26)21(6)12(3)30-21/h8,12,14-15,17-18,25H,2,7,9H2,1,3-6H3. The SMILES string of the molecule is C=C1C(=O)OC2C3(C)CCC=C(C)C(OC(C)=O)C(OC(=O)C4(C)OC4C)C12OC3O. The minimum Gasteiger partial charge on any atom is -0.455 e. The molecule has 9 nitrogen and oxygen atoms in total. The van der Waals surface area contributed by atoms with E-state index in [0.29, 0.717) is 18.4 Å². The molecule has 3 fully saturated rings. The number of aliphatic hydroxyl groups is 1. The van der Waals surface area contributed by atoms with E-state index >= 15 is 0 Å². The predicted molar refractivity (Wildman–Crippen MR) is 104 cm³/mol. The van der Waals surface area contributed by atoms with Crippen molar-refractivity contribution in [1.29, 1.82) is 0 Å². The molecular formula is C22H28O9. The summed E-state index contributed by atoms with van der Waals surface area (Å²) in [6.07, 6.45) is -2.30. The van der Waals surface area contributed by atoms with Crippen LogP contribution in [0.1, 0.15) is 47.5 Å². The summed E-state index contributed by atoms with van der Waals surface area (Å²) in [5.41, 5.74) is -3.37. The van der Waals surface area contributed by atoms with E-state index in [0.717, 1.165) is 0 Å². The third-order valence-corrected chi connectivity index (χ3v) is 7.17. The Hall–Kier alpha value is -2.23. The average molecular weight is 436 g/mol. The Labute approximate surface area is 180 Å². The van der Waals surface area contributed by atoms with E-state index in [1.54, 1.807) is 27.7 Å². The molecule has 0 saturated carbocycles. The van der Waals surface area contributed by atoms with Gasteiger partial charge in [-0.05, 0) is 39.2 Å². The second-order valence-corrected chi connectivity index (χ2v) is 9.24.